The molecule has 0 spiro atoms. The second-order valence-corrected chi connectivity index (χ2v) is 4.93. The van der Waals surface area contributed by atoms with E-state index in [0.717, 1.165) is 23.8 Å². The molecule has 0 aliphatic carbocycles. The van der Waals surface area contributed by atoms with Gasteiger partial charge >= 0.3 is 5.63 Å². The van der Waals surface area contributed by atoms with Gasteiger partial charge in [0.15, 0.2) is 0 Å². The van der Waals surface area contributed by atoms with E-state index in [1.165, 1.54) is 5.56 Å². The van der Waals surface area contributed by atoms with Crippen LogP contribution >= 0.6 is 0 Å². The summed E-state index contributed by atoms with van der Waals surface area (Å²) in [6, 6.07) is 17.6. The maximum atomic E-state index is 12.0. The molecule has 3 aromatic rings. The number of hydrogen-bond donors (Lipinski definition) is 0. The SMILES string of the molecule is CCCc1ccc(-c2cc3ccccc3c(=O)o2)cc1. The first-order valence-electron chi connectivity index (χ1n) is 6.90. The van der Waals surface area contributed by atoms with E-state index < -0.39 is 0 Å². The van der Waals surface area contributed by atoms with Crippen molar-refractivity contribution in [3.63, 3.8) is 0 Å². The van der Waals surface area contributed by atoms with Gasteiger partial charge in [0, 0.05) is 5.56 Å². The summed E-state index contributed by atoms with van der Waals surface area (Å²) in [6.45, 7) is 2.16. The number of aryl methyl sites for hydroxylation is 1. The Kier molecular flexibility index (Phi) is 3.38. The van der Waals surface area contributed by atoms with Gasteiger partial charge in [0.25, 0.3) is 0 Å². The van der Waals surface area contributed by atoms with Crippen LogP contribution in [0.15, 0.2) is 63.8 Å². The third kappa shape index (κ3) is 2.37. The van der Waals surface area contributed by atoms with Gasteiger partial charge in [-0.2, -0.15) is 0 Å². The van der Waals surface area contributed by atoms with Crippen molar-refractivity contribution in [2.45, 2.75) is 19.8 Å². The molecular formula is C18H16O2. The van der Waals surface area contributed by atoms with Crippen molar-refractivity contribution >= 4 is 10.8 Å². The predicted octanol–water partition coefficient (Wildman–Crippen LogP) is 4.41. The van der Waals surface area contributed by atoms with Crippen molar-refractivity contribution in [2.75, 3.05) is 0 Å². The lowest BCUT2D eigenvalue weighted by atomic mass is 10.1. The molecule has 0 N–H and O–H groups in total. The van der Waals surface area contributed by atoms with E-state index in [2.05, 4.69) is 19.1 Å². The second kappa shape index (κ2) is 5.33. The van der Waals surface area contributed by atoms with E-state index in [4.69, 9.17) is 4.42 Å². The third-order valence-corrected chi connectivity index (χ3v) is 3.45. The minimum Gasteiger partial charge on any atom is -0.422 e. The predicted molar refractivity (Wildman–Crippen MR) is 81.9 cm³/mol. The summed E-state index contributed by atoms with van der Waals surface area (Å²) in [4.78, 5) is 12.0. The molecule has 0 radical (unpaired) electrons. The molecule has 0 fully saturated rings. The Labute approximate surface area is 117 Å². The van der Waals surface area contributed by atoms with E-state index in [9.17, 15) is 4.79 Å². The zero-order chi connectivity index (χ0) is 13.9. The lowest BCUT2D eigenvalue weighted by Crippen LogP contribution is -1.99. The molecule has 1 aromatic heterocycles. The topological polar surface area (TPSA) is 30.2 Å². The van der Waals surface area contributed by atoms with Crippen molar-refractivity contribution in [2.24, 2.45) is 0 Å². The van der Waals surface area contributed by atoms with Gasteiger partial charge in [-0.25, -0.2) is 4.79 Å². The van der Waals surface area contributed by atoms with E-state index in [1.54, 1.807) is 6.07 Å². The summed E-state index contributed by atoms with van der Waals surface area (Å²) in [5.74, 6) is 0.622. The summed E-state index contributed by atoms with van der Waals surface area (Å²) in [5.41, 5.74) is 1.96. The second-order valence-electron chi connectivity index (χ2n) is 4.93. The van der Waals surface area contributed by atoms with Crippen LogP contribution in [-0.4, -0.2) is 0 Å². The Morgan fingerprint density at radius 2 is 1.75 bits per heavy atom. The van der Waals surface area contributed by atoms with Crippen molar-refractivity contribution < 1.29 is 4.42 Å². The molecule has 0 aliphatic rings. The van der Waals surface area contributed by atoms with Gasteiger partial charge in [0.1, 0.15) is 5.76 Å². The largest absolute Gasteiger partial charge is 0.422 e. The van der Waals surface area contributed by atoms with Crippen molar-refractivity contribution in [3.05, 3.63) is 70.6 Å². The maximum absolute atomic E-state index is 12.0. The fourth-order valence-corrected chi connectivity index (χ4v) is 2.40. The average Bonchev–Trinajstić information content (AvgIpc) is 2.48. The van der Waals surface area contributed by atoms with Gasteiger partial charge in [-0.1, -0.05) is 55.8 Å². The zero-order valence-electron chi connectivity index (χ0n) is 11.4. The van der Waals surface area contributed by atoms with Crippen LogP contribution in [-0.2, 0) is 6.42 Å². The highest BCUT2D eigenvalue weighted by molar-refractivity contribution is 5.83. The molecule has 0 atom stereocenters. The summed E-state index contributed by atoms with van der Waals surface area (Å²) >= 11 is 0. The van der Waals surface area contributed by atoms with Crippen LogP contribution in [0.5, 0.6) is 0 Å². The standard InChI is InChI=1S/C18H16O2/c1-2-5-13-8-10-14(11-9-13)17-12-15-6-3-4-7-16(15)18(19)20-17/h3-4,6-12H,2,5H2,1H3. The zero-order valence-corrected chi connectivity index (χ0v) is 11.4. The van der Waals surface area contributed by atoms with Crippen molar-refractivity contribution in [1.82, 2.24) is 0 Å². The molecule has 2 heteroatoms. The molecule has 0 bridgehead atoms. The Morgan fingerprint density at radius 1 is 1.00 bits per heavy atom. The minimum absolute atomic E-state index is 0.282. The minimum atomic E-state index is -0.282. The van der Waals surface area contributed by atoms with E-state index >= 15 is 0 Å². The number of fused-ring (bicyclic) bond motifs is 1. The molecule has 0 aliphatic heterocycles. The summed E-state index contributed by atoms with van der Waals surface area (Å²) in [7, 11) is 0. The lowest BCUT2D eigenvalue weighted by molar-refractivity contribution is 0.534. The summed E-state index contributed by atoms with van der Waals surface area (Å²) < 4.78 is 5.42. The number of benzene rings is 2. The Balaban J connectivity index is 2.07. The third-order valence-electron chi connectivity index (χ3n) is 3.45. The summed E-state index contributed by atoms with van der Waals surface area (Å²) in [6.07, 6.45) is 2.20. The average molecular weight is 264 g/mol. The van der Waals surface area contributed by atoms with Crippen LogP contribution in [0.2, 0.25) is 0 Å². The molecule has 20 heavy (non-hydrogen) atoms. The molecule has 100 valence electrons. The van der Waals surface area contributed by atoms with Crippen molar-refractivity contribution in [3.8, 4) is 11.3 Å². The fraction of sp³-hybridized carbons (Fsp3) is 0.167. The van der Waals surface area contributed by atoms with Crippen LogP contribution < -0.4 is 5.63 Å². The highest BCUT2D eigenvalue weighted by atomic mass is 16.4. The van der Waals surface area contributed by atoms with Crippen LogP contribution in [0.1, 0.15) is 18.9 Å². The van der Waals surface area contributed by atoms with Gasteiger partial charge in [-0.3, -0.25) is 0 Å². The summed E-state index contributed by atoms with van der Waals surface area (Å²) in [5, 5.41) is 1.54. The molecule has 1 heterocycles. The molecule has 0 saturated carbocycles. The van der Waals surface area contributed by atoms with Gasteiger partial charge in [0.05, 0.1) is 5.39 Å². The van der Waals surface area contributed by atoms with E-state index in [-0.39, 0.29) is 5.63 Å². The normalized spacial score (nSPS) is 10.8. The van der Waals surface area contributed by atoms with Gasteiger partial charge in [0.2, 0.25) is 0 Å². The quantitative estimate of drug-likeness (QED) is 0.701. The van der Waals surface area contributed by atoms with Crippen LogP contribution in [0.4, 0.5) is 0 Å². The fourth-order valence-electron chi connectivity index (χ4n) is 2.40. The van der Waals surface area contributed by atoms with Gasteiger partial charge < -0.3 is 4.42 Å². The molecule has 2 aromatic carbocycles. The smallest absolute Gasteiger partial charge is 0.344 e. The van der Waals surface area contributed by atoms with Crippen LogP contribution in [0.25, 0.3) is 22.1 Å². The molecule has 0 amide bonds. The molecule has 0 saturated heterocycles. The van der Waals surface area contributed by atoms with E-state index in [0.29, 0.717) is 11.1 Å². The molecule has 0 unspecified atom stereocenters. The Bertz CT molecular complexity index is 782. The molecular weight excluding hydrogens is 248 g/mol. The Morgan fingerprint density at radius 3 is 2.50 bits per heavy atom. The number of rotatable bonds is 3. The van der Waals surface area contributed by atoms with Crippen molar-refractivity contribution in [1.29, 1.82) is 0 Å². The van der Waals surface area contributed by atoms with Crippen LogP contribution in [0, 0.1) is 0 Å². The molecule has 3 rings (SSSR count). The molecule has 2 nitrogen and oxygen atoms in total. The monoisotopic (exact) mass is 264 g/mol. The highest BCUT2D eigenvalue weighted by Crippen LogP contribution is 2.22. The highest BCUT2D eigenvalue weighted by Gasteiger charge is 2.06. The first-order valence-corrected chi connectivity index (χ1v) is 6.90. The maximum Gasteiger partial charge on any atom is 0.344 e. The van der Waals surface area contributed by atoms with Gasteiger partial charge in [-0.15, -0.1) is 0 Å². The first kappa shape index (κ1) is 12.7. The van der Waals surface area contributed by atoms with E-state index in [1.807, 2.05) is 36.4 Å². The Hall–Kier alpha value is -2.35. The first-order chi connectivity index (χ1) is 9.78. The number of hydrogen-bond acceptors (Lipinski definition) is 2. The van der Waals surface area contributed by atoms with Crippen LogP contribution in [0.3, 0.4) is 0 Å². The lowest BCUT2D eigenvalue weighted by Gasteiger charge is -2.04. The van der Waals surface area contributed by atoms with Gasteiger partial charge in [-0.05, 0) is 29.5 Å².